The summed E-state index contributed by atoms with van der Waals surface area (Å²) in [5, 5.41) is 0.662. The van der Waals surface area contributed by atoms with Gasteiger partial charge in [0.1, 0.15) is 5.75 Å². The van der Waals surface area contributed by atoms with E-state index < -0.39 is 5.97 Å². The van der Waals surface area contributed by atoms with Crippen molar-refractivity contribution in [3.05, 3.63) is 28.8 Å². The number of benzene rings is 1. The zero-order valence-electron chi connectivity index (χ0n) is 15.7. The van der Waals surface area contributed by atoms with Crippen molar-refractivity contribution in [2.75, 3.05) is 13.2 Å². The molecule has 6 heteroatoms. The molecule has 140 valence electrons. The minimum atomic E-state index is -0.391. The van der Waals surface area contributed by atoms with Gasteiger partial charge in [-0.05, 0) is 64.8 Å². The average molecular weight is 370 g/mol. The van der Waals surface area contributed by atoms with Crippen molar-refractivity contribution in [3.63, 3.8) is 0 Å². The van der Waals surface area contributed by atoms with Gasteiger partial charge < -0.3 is 14.4 Å². The Hall–Kier alpha value is -1.75. The third-order valence-corrected chi connectivity index (χ3v) is 3.91. The second-order valence-corrected chi connectivity index (χ2v) is 6.95. The molecule has 25 heavy (non-hydrogen) atoms. The third-order valence-electron chi connectivity index (χ3n) is 3.68. The lowest BCUT2D eigenvalue weighted by Gasteiger charge is -2.30. The lowest BCUT2D eigenvalue weighted by Crippen LogP contribution is -2.44. The minimum absolute atomic E-state index is 0.0715. The van der Waals surface area contributed by atoms with Crippen LogP contribution in [0.15, 0.2) is 18.2 Å². The van der Waals surface area contributed by atoms with E-state index >= 15 is 0 Å². The van der Waals surface area contributed by atoms with Crippen LogP contribution in [0.1, 0.15) is 46.1 Å². The Morgan fingerprint density at radius 1 is 1.16 bits per heavy atom. The molecule has 1 aromatic rings. The van der Waals surface area contributed by atoms with E-state index in [4.69, 9.17) is 21.1 Å². The predicted molar refractivity (Wildman–Crippen MR) is 99.0 cm³/mol. The summed E-state index contributed by atoms with van der Waals surface area (Å²) in [6, 6.07) is 5.54. The molecule has 0 unspecified atom stereocenters. The Labute approximate surface area is 155 Å². The first-order valence-corrected chi connectivity index (χ1v) is 8.96. The maximum absolute atomic E-state index is 12.1. The fourth-order valence-electron chi connectivity index (χ4n) is 2.63. The number of halogens is 1. The van der Waals surface area contributed by atoms with Gasteiger partial charge in [0.2, 0.25) is 0 Å². The first kappa shape index (κ1) is 21.3. The molecule has 0 fully saturated rings. The van der Waals surface area contributed by atoms with Crippen LogP contribution in [0.3, 0.4) is 0 Å². The van der Waals surface area contributed by atoms with Crippen LogP contribution in [0.5, 0.6) is 5.75 Å². The van der Waals surface area contributed by atoms with Crippen molar-refractivity contribution in [1.29, 1.82) is 0 Å². The number of carbonyl (C=O) groups is 2. The smallest absolute Gasteiger partial charge is 0.306 e. The van der Waals surface area contributed by atoms with Crippen LogP contribution in [-0.2, 0) is 14.3 Å². The second kappa shape index (κ2) is 10.3. The zero-order chi connectivity index (χ0) is 19.0. The molecule has 0 N–H and O–H groups in total. The topological polar surface area (TPSA) is 55.8 Å². The van der Waals surface area contributed by atoms with Crippen LogP contribution in [-0.4, -0.2) is 42.1 Å². The fourth-order valence-corrected chi connectivity index (χ4v) is 2.86. The molecule has 0 saturated heterocycles. The number of esters is 1. The number of hydrogen-bond acceptors (Lipinski definition) is 4. The van der Waals surface area contributed by atoms with Gasteiger partial charge in [-0.2, -0.15) is 0 Å². The number of carbonyl (C=O) groups excluding carboxylic acids is 2. The maximum atomic E-state index is 12.1. The van der Waals surface area contributed by atoms with Crippen molar-refractivity contribution < 1.29 is 19.1 Å². The summed E-state index contributed by atoms with van der Waals surface area (Å²) in [6.07, 6.45) is 0.733. The lowest BCUT2D eigenvalue weighted by molar-refractivity contribution is -0.153. The van der Waals surface area contributed by atoms with Gasteiger partial charge in [-0.3, -0.25) is 9.59 Å². The van der Waals surface area contributed by atoms with Gasteiger partial charge in [-0.1, -0.05) is 11.6 Å². The number of nitrogens with zero attached hydrogens (tertiary/aromatic N) is 1. The minimum Gasteiger partial charge on any atom is -0.493 e. The van der Waals surface area contributed by atoms with Crippen molar-refractivity contribution in [3.8, 4) is 5.75 Å². The summed E-state index contributed by atoms with van der Waals surface area (Å²) in [5.41, 5.74) is 0.947. The molecule has 0 aliphatic rings. The van der Waals surface area contributed by atoms with E-state index in [0.29, 0.717) is 18.1 Å². The van der Waals surface area contributed by atoms with E-state index in [2.05, 4.69) is 0 Å². The predicted octanol–water partition coefficient (Wildman–Crippen LogP) is 4.00. The van der Waals surface area contributed by atoms with E-state index in [1.807, 2.05) is 40.7 Å². The molecule has 0 radical (unpaired) electrons. The monoisotopic (exact) mass is 369 g/mol. The third kappa shape index (κ3) is 7.34. The number of aryl methyl sites for hydroxylation is 1. The molecule has 0 aliphatic heterocycles. The van der Waals surface area contributed by atoms with Gasteiger partial charge in [0.25, 0.3) is 5.91 Å². The highest BCUT2D eigenvalue weighted by molar-refractivity contribution is 6.30. The van der Waals surface area contributed by atoms with Crippen molar-refractivity contribution in [2.24, 2.45) is 0 Å². The summed E-state index contributed by atoms with van der Waals surface area (Å²) in [6.45, 7) is 9.86. The summed E-state index contributed by atoms with van der Waals surface area (Å²) < 4.78 is 10.7. The molecule has 5 nitrogen and oxygen atoms in total. The SMILES string of the molecule is Cc1cc(Cl)ccc1OCCCC(=O)OCC(=O)N(C(C)C)C(C)C. The Kier molecular flexibility index (Phi) is 8.76. The molecule has 0 saturated carbocycles. The molecule has 0 aliphatic carbocycles. The van der Waals surface area contributed by atoms with Crippen LogP contribution >= 0.6 is 11.6 Å². The zero-order valence-corrected chi connectivity index (χ0v) is 16.4. The highest BCUT2D eigenvalue weighted by Crippen LogP contribution is 2.21. The number of hydrogen-bond donors (Lipinski definition) is 0. The first-order valence-electron chi connectivity index (χ1n) is 8.58. The van der Waals surface area contributed by atoms with Crippen LogP contribution in [0, 0.1) is 6.92 Å². The maximum Gasteiger partial charge on any atom is 0.306 e. The Bertz CT molecular complexity index is 579. The number of amides is 1. The van der Waals surface area contributed by atoms with Gasteiger partial charge in [0, 0.05) is 23.5 Å². The van der Waals surface area contributed by atoms with E-state index in [9.17, 15) is 9.59 Å². The molecule has 0 atom stereocenters. The van der Waals surface area contributed by atoms with Gasteiger partial charge in [-0.15, -0.1) is 0 Å². The normalized spacial score (nSPS) is 10.9. The van der Waals surface area contributed by atoms with Crippen molar-refractivity contribution >= 4 is 23.5 Å². The molecule has 1 rings (SSSR count). The highest BCUT2D eigenvalue weighted by atomic mass is 35.5. The molecular formula is C19H28ClNO4. The van der Waals surface area contributed by atoms with Gasteiger partial charge in [-0.25, -0.2) is 0 Å². The standard InChI is InChI=1S/C19H28ClNO4/c1-13(2)21(14(3)4)18(22)12-25-19(23)7-6-10-24-17-9-8-16(20)11-15(17)5/h8-9,11,13-14H,6-7,10,12H2,1-5H3. The quantitative estimate of drug-likeness (QED) is 0.487. The van der Waals surface area contributed by atoms with Gasteiger partial charge in [0.15, 0.2) is 6.61 Å². The Morgan fingerprint density at radius 3 is 2.36 bits per heavy atom. The van der Waals surface area contributed by atoms with E-state index in [1.165, 1.54) is 0 Å². The van der Waals surface area contributed by atoms with E-state index in [0.717, 1.165) is 11.3 Å². The summed E-state index contributed by atoms with van der Waals surface area (Å²) >= 11 is 5.89. The lowest BCUT2D eigenvalue weighted by atomic mass is 10.2. The van der Waals surface area contributed by atoms with E-state index in [1.54, 1.807) is 17.0 Å². The van der Waals surface area contributed by atoms with Crippen LogP contribution in [0.25, 0.3) is 0 Å². The molecular weight excluding hydrogens is 342 g/mol. The second-order valence-electron chi connectivity index (χ2n) is 6.51. The summed E-state index contributed by atoms with van der Waals surface area (Å²) in [4.78, 5) is 25.6. The molecule has 0 bridgehead atoms. The van der Waals surface area contributed by atoms with Crippen molar-refractivity contribution in [2.45, 2.75) is 59.5 Å². The Balaban J connectivity index is 2.30. The molecule has 0 aromatic heterocycles. The first-order chi connectivity index (χ1) is 11.7. The van der Waals surface area contributed by atoms with Crippen LogP contribution in [0.2, 0.25) is 5.02 Å². The average Bonchev–Trinajstić information content (AvgIpc) is 2.50. The van der Waals surface area contributed by atoms with Gasteiger partial charge >= 0.3 is 5.97 Å². The largest absolute Gasteiger partial charge is 0.493 e. The number of ether oxygens (including phenoxy) is 2. The summed E-state index contributed by atoms with van der Waals surface area (Å²) in [5.74, 6) is 0.182. The summed E-state index contributed by atoms with van der Waals surface area (Å²) in [7, 11) is 0. The fraction of sp³-hybridized carbons (Fsp3) is 0.579. The molecule has 1 aromatic carbocycles. The molecule has 1 amide bonds. The Morgan fingerprint density at radius 2 is 1.80 bits per heavy atom. The molecule has 0 spiro atoms. The van der Waals surface area contributed by atoms with Crippen LogP contribution in [0.4, 0.5) is 0 Å². The highest BCUT2D eigenvalue weighted by Gasteiger charge is 2.21. The van der Waals surface area contributed by atoms with Crippen LogP contribution < -0.4 is 4.74 Å². The molecule has 0 heterocycles. The van der Waals surface area contributed by atoms with Crippen molar-refractivity contribution in [1.82, 2.24) is 4.90 Å². The number of rotatable bonds is 9. The van der Waals surface area contributed by atoms with E-state index in [-0.39, 0.29) is 31.0 Å². The van der Waals surface area contributed by atoms with Gasteiger partial charge in [0.05, 0.1) is 6.61 Å².